The van der Waals surface area contributed by atoms with E-state index < -0.39 is 4.92 Å². The van der Waals surface area contributed by atoms with Crippen LogP contribution in [0.4, 0.5) is 16.2 Å². The van der Waals surface area contributed by atoms with Crippen LogP contribution in [-0.4, -0.2) is 33.1 Å². The van der Waals surface area contributed by atoms with E-state index in [9.17, 15) is 19.7 Å². The van der Waals surface area contributed by atoms with E-state index in [1.807, 2.05) is 13.0 Å². The maximum atomic E-state index is 13.1. The molecular formula is C27H31N3O4S. The molecule has 0 aromatic heterocycles. The molecule has 1 atom stereocenters. The number of thioether (sulfide) groups is 1. The molecule has 2 aromatic carbocycles. The van der Waals surface area contributed by atoms with Gasteiger partial charge < -0.3 is 4.90 Å². The number of amides is 2. The van der Waals surface area contributed by atoms with Gasteiger partial charge in [-0.1, -0.05) is 26.0 Å². The average molecular weight is 494 g/mol. The van der Waals surface area contributed by atoms with Crippen LogP contribution in [0.5, 0.6) is 0 Å². The van der Waals surface area contributed by atoms with Crippen molar-refractivity contribution in [3.8, 4) is 0 Å². The Kier molecular flexibility index (Phi) is 6.77. The van der Waals surface area contributed by atoms with E-state index in [1.165, 1.54) is 23.4 Å². The summed E-state index contributed by atoms with van der Waals surface area (Å²) in [5.41, 5.74) is 5.07. The molecule has 2 aliphatic heterocycles. The molecule has 2 heterocycles. The largest absolute Gasteiger partial charge is 0.366 e. The third-order valence-corrected chi connectivity index (χ3v) is 7.75. The maximum Gasteiger partial charge on any atom is 0.293 e. The summed E-state index contributed by atoms with van der Waals surface area (Å²) in [4.78, 5) is 40.3. The molecule has 7 nitrogen and oxygen atoms in total. The summed E-state index contributed by atoms with van der Waals surface area (Å²) in [7, 11) is 0. The Balaban J connectivity index is 1.63. The SMILES string of the molecule is CCCN1c2cc(C)c(/C=C3/SC(=O)N(Cc4cccc([N+](=O)[O-])c4)C3=O)cc2C(C)CC1(C)C. The second kappa shape index (κ2) is 9.49. The average Bonchev–Trinajstić information content (AvgIpc) is 3.05. The Labute approximate surface area is 210 Å². The zero-order valence-electron chi connectivity index (χ0n) is 20.8. The number of anilines is 1. The lowest BCUT2D eigenvalue weighted by atomic mass is 9.79. The van der Waals surface area contributed by atoms with Gasteiger partial charge in [-0.3, -0.25) is 24.6 Å². The number of nitro benzene ring substituents is 1. The second-order valence-corrected chi connectivity index (χ2v) is 11.0. The third-order valence-electron chi connectivity index (χ3n) is 6.84. The van der Waals surface area contributed by atoms with Crippen LogP contribution in [0.3, 0.4) is 0 Å². The van der Waals surface area contributed by atoms with Crippen molar-refractivity contribution in [2.75, 3.05) is 11.4 Å². The molecule has 8 heteroatoms. The van der Waals surface area contributed by atoms with Crippen LogP contribution in [-0.2, 0) is 11.3 Å². The number of rotatable bonds is 6. The smallest absolute Gasteiger partial charge is 0.293 e. The summed E-state index contributed by atoms with van der Waals surface area (Å²) >= 11 is 0.916. The molecule has 0 bridgehead atoms. The van der Waals surface area contributed by atoms with Crippen molar-refractivity contribution < 1.29 is 14.5 Å². The highest BCUT2D eigenvalue weighted by Gasteiger charge is 2.37. The van der Waals surface area contributed by atoms with E-state index in [-0.39, 0.29) is 28.9 Å². The Morgan fingerprint density at radius 1 is 1.23 bits per heavy atom. The van der Waals surface area contributed by atoms with Gasteiger partial charge in [-0.05, 0) is 91.8 Å². The molecular weight excluding hydrogens is 462 g/mol. The summed E-state index contributed by atoms with van der Waals surface area (Å²) in [6.07, 6.45) is 3.92. The van der Waals surface area contributed by atoms with E-state index in [2.05, 4.69) is 44.7 Å². The van der Waals surface area contributed by atoms with Crippen molar-refractivity contribution in [3.05, 3.63) is 73.7 Å². The monoisotopic (exact) mass is 493 g/mol. The molecule has 1 unspecified atom stereocenters. The van der Waals surface area contributed by atoms with Crippen LogP contribution in [0.25, 0.3) is 6.08 Å². The quantitative estimate of drug-likeness (QED) is 0.255. The Morgan fingerprint density at radius 3 is 2.66 bits per heavy atom. The molecule has 35 heavy (non-hydrogen) atoms. The van der Waals surface area contributed by atoms with Gasteiger partial charge in [-0.15, -0.1) is 0 Å². The molecule has 2 aromatic rings. The highest BCUT2D eigenvalue weighted by molar-refractivity contribution is 8.18. The Morgan fingerprint density at radius 2 is 1.97 bits per heavy atom. The first kappa shape index (κ1) is 25.0. The second-order valence-electron chi connectivity index (χ2n) is 10.0. The first-order valence-corrected chi connectivity index (χ1v) is 12.7. The van der Waals surface area contributed by atoms with Crippen molar-refractivity contribution >= 4 is 40.4 Å². The molecule has 1 saturated heterocycles. The zero-order valence-corrected chi connectivity index (χ0v) is 21.6. The van der Waals surface area contributed by atoms with E-state index >= 15 is 0 Å². The summed E-state index contributed by atoms with van der Waals surface area (Å²) < 4.78 is 0. The van der Waals surface area contributed by atoms with Gasteiger partial charge >= 0.3 is 0 Å². The number of nitrogens with zero attached hydrogens (tertiary/aromatic N) is 3. The fourth-order valence-electron chi connectivity index (χ4n) is 5.18. The number of carbonyl (C=O) groups is 2. The Hall–Kier alpha value is -3.13. The van der Waals surface area contributed by atoms with Gasteiger partial charge in [0, 0.05) is 29.9 Å². The predicted octanol–water partition coefficient (Wildman–Crippen LogP) is 6.64. The number of hydrogen-bond donors (Lipinski definition) is 0. The summed E-state index contributed by atoms with van der Waals surface area (Å²) in [5, 5.41) is 10.7. The normalized spacial score (nSPS) is 20.5. The maximum absolute atomic E-state index is 13.1. The lowest BCUT2D eigenvalue weighted by Gasteiger charge is -2.48. The topological polar surface area (TPSA) is 83.8 Å². The van der Waals surface area contributed by atoms with E-state index in [4.69, 9.17) is 0 Å². The van der Waals surface area contributed by atoms with Gasteiger partial charge in [0.2, 0.25) is 0 Å². The lowest BCUT2D eigenvalue weighted by Crippen LogP contribution is -2.48. The van der Waals surface area contributed by atoms with Gasteiger partial charge in [0.1, 0.15) is 0 Å². The van der Waals surface area contributed by atoms with Crippen molar-refractivity contribution in [2.24, 2.45) is 0 Å². The first-order valence-electron chi connectivity index (χ1n) is 11.9. The number of non-ortho nitro benzene ring substituents is 1. The van der Waals surface area contributed by atoms with Crippen LogP contribution >= 0.6 is 11.8 Å². The minimum Gasteiger partial charge on any atom is -0.366 e. The molecule has 2 aliphatic rings. The lowest BCUT2D eigenvalue weighted by molar-refractivity contribution is -0.384. The molecule has 0 saturated carbocycles. The van der Waals surface area contributed by atoms with Crippen LogP contribution in [0.2, 0.25) is 0 Å². The highest BCUT2D eigenvalue weighted by Crippen LogP contribution is 2.45. The fourth-order valence-corrected chi connectivity index (χ4v) is 6.01. The van der Waals surface area contributed by atoms with Crippen molar-refractivity contribution in [2.45, 2.75) is 65.5 Å². The molecule has 0 aliphatic carbocycles. The summed E-state index contributed by atoms with van der Waals surface area (Å²) in [5.74, 6) is 0.00945. The number of hydrogen-bond acceptors (Lipinski definition) is 6. The van der Waals surface area contributed by atoms with Gasteiger partial charge in [-0.25, -0.2) is 0 Å². The van der Waals surface area contributed by atoms with Crippen LogP contribution in [0.1, 0.15) is 68.7 Å². The molecule has 4 rings (SSSR count). The van der Waals surface area contributed by atoms with Gasteiger partial charge in [0.15, 0.2) is 0 Å². The molecule has 0 spiro atoms. The number of fused-ring (bicyclic) bond motifs is 1. The number of carbonyl (C=O) groups excluding carboxylic acids is 2. The van der Waals surface area contributed by atoms with Crippen molar-refractivity contribution in [1.29, 1.82) is 0 Å². The Bertz CT molecular complexity index is 1240. The van der Waals surface area contributed by atoms with Crippen molar-refractivity contribution in [3.63, 3.8) is 0 Å². The minimum absolute atomic E-state index is 0.00491. The fraction of sp³-hybridized carbons (Fsp3) is 0.407. The number of aryl methyl sites for hydroxylation is 1. The molecule has 184 valence electrons. The zero-order chi connectivity index (χ0) is 25.5. The van der Waals surface area contributed by atoms with Crippen LogP contribution < -0.4 is 4.90 Å². The molecule has 0 radical (unpaired) electrons. The van der Waals surface area contributed by atoms with Crippen molar-refractivity contribution in [1.82, 2.24) is 4.90 Å². The highest BCUT2D eigenvalue weighted by atomic mass is 32.2. The van der Waals surface area contributed by atoms with Gasteiger partial charge in [0.05, 0.1) is 16.4 Å². The van der Waals surface area contributed by atoms with Gasteiger partial charge in [0.25, 0.3) is 16.8 Å². The number of nitro groups is 1. The molecule has 2 amide bonds. The first-order chi connectivity index (χ1) is 16.5. The van der Waals surface area contributed by atoms with E-state index in [1.54, 1.807) is 12.1 Å². The van der Waals surface area contributed by atoms with E-state index in [0.29, 0.717) is 16.4 Å². The summed E-state index contributed by atoms with van der Waals surface area (Å²) in [6.45, 7) is 12.1. The minimum atomic E-state index is -0.486. The van der Waals surface area contributed by atoms with Gasteiger partial charge in [-0.2, -0.15) is 0 Å². The third kappa shape index (κ3) is 4.85. The number of benzene rings is 2. The standard InChI is InChI=1S/C27H31N3O4S/c1-6-10-29-23-11-17(2)20(13-22(23)18(3)15-27(29,4)5)14-24-25(31)28(26(32)35-24)16-19-8-7-9-21(12-19)30(33)34/h7-9,11-14,18H,6,10,15-16H2,1-5H3/b24-14+. The summed E-state index contributed by atoms with van der Waals surface area (Å²) in [6, 6.07) is 10.4. The van der Waals surface area contributed by atoms with Crippen LogP contribution in [0.15, 0.2) is 41.3 Å². The van der Waals surface area contributed by atoms with Crippen LogP contribution in [0, 0.1) is 17.0 Å². The number of imide groups is 1. The van der Waals surface area contributed by atoms with E-state index in [0.717, 1.165) is 47.2 Å². The predicted molar refractivity (Wildman–Crippen MR) is 141 cm³/mol. The molecule has 0 N–H and O–H groups in total. The molecule has 1 fully saturated rings.